The van der Waals surface area contributed by atoms with Crippen molar-refractivity contribution in [3.05, 3.63) is 4.91 Å². The number of rotatable bonds is 3. The van der Waals surface area contributed by atoms with E-state index in [1.54, 1.807) is 0 Å². The molecule has 1 aliphatic carbocycles. The van der Waals surface area contributed by atoms with Crippen LogP contribution in [0.4, 0.5) is 0 Å². The van der Waals surface area contributed by atoms with Gasteiger partial charge in [0.25, 0.3) is 0 Å². The van der Waals surface area contributed by atoms with Crippen LogP contribution in [0.3, 0.4) is 0 Å². The molecule has 0 spiro atoms. The highest BCUT2D eigenvalue weighted by atomic mass is 16.3. The zero-order chi connectivity index (χ0) is 9.68. The molecule has 0 heterocycles. The average Bonchev–Trinajstić information content (AvgIpc) is 2.18. The third-order valence-corrected chi connectivity index (χ3v) is 2.71. The van der Waals surface area contributed by atoms with Gasteiger partial charge in [0.2, 0.25) is 5.91 Å². The predicted molar refractivity (Wildman–Crippen MR) is 48.4 cm³/mol. The first kappa shape index (κ1) is 10.1. The molecule has 1 rings (SSSR count). The van der Waals surface area contributed by atoms with Crippen molar-refractivity contribution in [1.29, 1.82) is 0 Å². The molecule has 3 N–H and O–H groups in total. The Bertz CT molecular complexity index is 188. The monoisotopic (exact) mass is 185 g/mol. The summed E-state index contributed by atoms with van der Waals surface area (Å²) in [4.78, 5) is 20.9. The maximum absolute atomic E-state index is 11.2. The molecule has 13 heavy (non-hydrogen) atoms. The van der Waals surface area contributed by atoms with E-state index in [0.717, 1.165) is 25.7 Å². The van der Waals surface area contributed by atoms with Gasteiger partial charge in [-0.3, -0.25) is 4.79 Å². The first-order chi connectivity index (χ1) is 6.27. The minimum atomic E-state index is -0.245. The van der Waals surface area contributed by atoms with Crippen LogP contribution in [0.5, 0.6) is 0 Å². The van der Waals surface area contributed by atoms with Gasteiger partial charge in [-0.2, -0.15) is 0 Å². The van der Waals surface area contributed by atoms with Gasteiger partial charge in [0.1, 0.15) is 0 Å². The molecule has 1 fully saturated rings. The number of nitrogens with two attached hydrogens (primary N) is 1. The summed E-state index contributed by atoms with van der Waals surface area (Å²) < 4.78 is 0. The van der Waals surface area contributed by atoms with Crippen molar-refractivity contribution in [3.63, 3.8) is 0 Å². The highest BCUT2D eigenvalue weighted by molar-refractivity contribution is 5.78. The van der Waals surface area contributed by atoms with Gasteiger partial charge in [-0.25, -0.2) is 5.43 Å². The first-order valence-electron chi connectivity index (χ1n) is 4.60. The predicted octanol–water partition coefficient (Wildman–Crippen LogP) is 0.549. The van der Waals surface area contributed by atoms with Crippen LogP contribution in [0.25, 0.3) is 0 Å². The summed E-state index contributed by atoms with van der Waals surface area (Å²) in [7, 11) is 0. The number of nitroso groups, excluding NO2 is 1. The van der Waals surface area contributed by atoms with Crippen LogP contribution in [0.2, 0.25) is 0 Å². The summed E-state index contributed by atoms with van der Waals surface area (Å²) in [6, 6.07) is 0. The summed E-state index contributed by atoms with van der Waals surface area (Å²) in [5.41, 5.74) is 7.46. The van der Waals surface area contributed by atoms with E-state index in [1.807, 2.05) is 5.43 Å². The number of nitrogens with zero attached hydrogens (tertiary/aromatic N) is 1. The van der Waals surface area contributed by atoms with Gasteiger partial charge in [0.15, 0.2) is 0 Å². The second-order valence-corrected chi connectivity index (χ2v) is 3.52. The molecule has 5 heteroatoms. The van der Waals surface area contributed by atoms with Crippen LogP contribution in [0.1, 0.15) is 25.7 Å². The Hall–Kier alpha value is -0.970. The van der Waals surface area contributed by atoms with Gasteiger partial charge in [0.05, 0.1) is 5.29 Å². The van der Waals surface area contributed by atoms with Gasteiger partial charge < -0.3 is 5.73 Å². The summed E-state index contributed by atoms with van der Waals surface area (Å²) >= 11 is 0. The summed E-state index contributed by atoms with van der Waals surface area (Å²) in [6.45, 7) is 0.695. The molecule has 0 saturated heterocycles. The fraction of sp³-hybridized carbons (Fsp3) is 0.875. The van der Waals surface area contributed by atoms with E-state index in [4.69, 9.17) is 5.73 Å². The Balaban J connectivity index is 2.31. The Morgan fingerprint density at radius 2 is 2.00 bits per heavy atom. The molecule has 5 nitrogen and oxygen atoms in total. The van der Waals surface area contributed by atoms with Crippen molar-refractivity contribution in [1.82, 2.24) is 5.43 Å². The fourth-order valence-corrected chi connectivity index (χ4v) is 1.80. The highest BCUT2D eigenvalue weighted by Crippen LogP contribution is 2.27. The van der Waals surface area contributed by atoms with E-state index in [0.29, 0.717) is 12.5 Å². The molecule has 0 unspecified atom stereocenters. The van der Waals surface area contributed by atoms with E-state index < -0.39 is 0 Å². The number of amides is 1. The zero-order valence-corrected chi connectivity index (χ0v) is 7.53. The van der Waals surface area contributed by atoms with E-state index in [1.165, 1.54) is 0 Å². The molecular formula is C8H15N3O2. The standard InChI is InChI=1S/C8H15N3O2/c9-5-6-1-3-7(4-2-6)8(12)10-11-13/h6-7H,1-5,9H2,(H,10,12,13). The largest absolute Gasteiger partial charge is 0.330 e. The number of hydrogen-bond acceptors (Lipinski definition) is 4. The molecule has 0 radical (unpaired) electrons. The van der Waals surface area contributed by atoms with Gasteiger partial charge in [-0.05, 0) is 38.1 Å². The van der Waals surface area contributed by atoms with E-state index in [2.05, 4.69) is 5.29 Å². The van der Waals surface area contributed by atoms with Crippen LogP contribution in [-0.4, -0.2) is 12.5 Å². The Kier molecular flexibility index (Phi) is 3.82. The SMILES string of the molecule is NCC1CCC(C(=O)NN=O)CC1. The maximum atomic E-state index is 11.2. The zero-order valence-electron chi connectivity index (χ0n) is 7.53. The fourth-order valence-electron chi connectivity index (χ4n) is 1.80. The van der Waals surface area contributed by atoms with Crippen LogP contribution >= 0.6 is 0 Å². The van der Waals surface area contributed by atoms with Crippen LogP contribution in [-0.2, 0) is 4.79 Å². The van der Waals surface area contributed by atoms with Gasteiger partial charge in [0, 0.05) is 5.92 Å². The van der Waals surface area contributed by atoms with E-state index >= 15 is 0 Å². The Morgan fingerprint density at radius 1 is 1.38 bits per heavy atom. The lowest BCUT2D eigenvalue weighted by atomic mass is 9.82. The van der Waals surface area contributed by atoms with Crippen LogP contribution in [0.15, 0.2) is 5.29 Å². The lowest BCUT2D eigenvalue weighted by molar-refractivity contribution is -0.126. The summed E-state index contributed by atoms with van der Waals surface area (Å²) in [6.07, 6.45) is 3.60. The first-order valence-corrected chi connectivity index (χ1v) is 4.60. The maximum Gasteiger partial charge on any atom is 0.245 e. The molecule has 1 aliphatic rings. The lowest BCUT2D eigenvalue weighted by Gasteiger charge is -2.25. The molecule has 0 aromatic heterocycles. The minimum Gasteiger partial charge on any atom is -0.330 e. The molecule has 0 bridgehead atoms. The Morgan fingerprint density at radius 3 is 2.46 bits per heavy atom. The third-order valence-electron chi connectivity index (χ3n) is 2.71. The van der Waals surface area contributed by atoms with Crippen LogP contribution in [0, 0.1) is 16.7 Å². The van der Waals surface area contributed by atoms with Gasteiger partial charge in [-0.1, -0.05) is 0 Å². The van der Waals surface area contributed by atoms with Crippen LogP contribution < -0.4 is 11.2 Å². The van der Waals surface area contributed by atoms with Crippen molar-refractivity contribution < 1.29 is 4.79 Å². The second-order valence-electron chi connectivity index (χ2n) is 3.52. The van der Waals surface area contributed by atoms with Crippen molar-refractivity contribution in [2.45, 2.75) is 25.7 Å². The second kappa shape index (κ2) is 4.91. The summed E-state index contributed by atoms with van der Waals surface area (Å²) in [5.74, 6) is 0.263. The van der Waals surface area contributed by atoms with Crippen molar-refractivity contribution in [2.75, 3.05) is 6.54 Å². The number of nitrogens with one attached hydrogen (secondary N) is 1. The number of carbonyl (C=O) groups excluding carboxylic acids is 1. The topological polar surface area (TPSA) is 84.6 Å². The number of hydrogen-bond donors (Lipinski definition) is 2. The Labute approximate surface area is 77.0 Å². The molecule has 0 aliphatic heterocycles. The van der Waals surface area contributed by atoms with E-state index in [-0.39, 0.29) is 11.8 Å². The lowest BCUT2D eigenvalue weighted by Crippen LogP contribution is -2.31. The molecule has 1 saturated carbocycles. The smallest absolute Gasteiger partial charge is 0.245 e. The average molecular weight is 185 g/mol. The molecule has 0 aromatic rings. The number of carbonyl (C=O) groups is 1. The molecule has 1 amide bonds. The minimum absolute atomic E-state index is 0.0412. The van der Waals surface area contributed by atoms with Gasteiger partial charge >= 0.3 is 0 Å². The van der Waals surface area contributed by atoms with Gasteiger partial charge in [-0.15, -0.1) is 4.91 Å². The van der Waals surface area contributed by atoms with E-state index in [9.17, 15) is 9.70 Å². The van der Waals surface area contributed by atoms with Crippen molar-refractivity contribution in [2.24, 2.45) is 22.9 Å². The molecule has 0 atom stereocenters. The highest BCUT2D eigenvalue weighted by Gasteiger charge is 2.25. The third kappa shape index (κ3) is 2.77. The van der Waals surface area contributed by atoms with Crippen molar-refractivity contribution in [3.8, 4) is 0 Å². The summed E-state index contributed by atoms with van der Waals surface area (Å²) in [5, 5.41) is 2.38. The quantitative estimate of drug-likeness (QED) is 0.497. The van der Waals surface area contributed by atoms with Crippen molar-refractivity contribution >= 4 is 5.91 Å². The molecule has 74 valence electrons. The molecular weight excluding hydrogens is 170 g/mol. The normalized spacial score (nSPS) is 28.1. The molecule has 0 aromatic carbocycles.